The predicted octanol–water partition coefficient (Wildman–Crippen LogP) is -2.02. The quantitative estimate of drug-likeness (QED) is 0.511. The minimum Gasteiger partial charge on any atom is -0.358 e. The van der Waals surface area contributed by atoms with Crippen LogP contribution in [-0.2, 0) is 14.4 Å². The van der Waals surface area contributed by atoms with E-state index in [1.807, 2.05) is 0 Å². The Bertz CT molecular complexity index is 293. The van der Waals surface area contributed by atoms with Crippen molar-refractivity contribution >= 4 is 17.7 Å². The third kappa shape index (κ3) is 1.97. The molecule has 76 valence electrons. The first kappa shape index (κ1) is 10.4. The molecule has 1 unspecified atom stereocenters. The van der Waals surface area contributed by atoms with Crippen LogP contribution in [-0.4, -0.2) is 42.3 Å². The third-order valence-electron chi connectivity index (χ3n) is 1.86. The van der Waals surface area contributed by atoms with E-state index in [1.54, 1.807) is 0 Å². The summed E-state index contributed by atoms with van der Waals surface area (Å²) in [6.45, 7) is -0.0929. The van der Waals surface area contributed by atoms with E-state index in [9.17, 15) is 14.4 Å². The van der Waals surface area contributed by atoms with E-state index in [2.05, 4.69) is 5.32 Å². The number of nitrogens with zero attached hydrogens (tertiary/aromatic N) is 1. The van der Waals surface area contributed by atoms with Crippen LogP contribution in [0.3, 0.4) is 0 Å². The molecule has 1 aliphatic rings. The van der Waals surface area contributed by atoms with Crippen LogP contribution in [0.4, 0.5) is 0 Å². The number of nitrogens with one attached hydrogen (secondary N) is 1. The lowest BCUT2D eigenvalue weighted by Crippen LogP contribution is -2.48. The Morgan fingerprint density at radius 1 is 1.50 bits per heavy atom. The van der Waals surface area contributed by atoms with Crippen LogP contribution < -0.4 is 11.1 Å². The lowest BCUT2D eigenvalue weighted by Gasteiger charge is -2.17. The number of imide groups is 1. The van der Waals surface area contributed by atoms with Gasteiger partial charge >= 0.3 is 0 Å². The van der Waals surface area contributed by atoms with Crippen molar-refractivity contribution in [1.29, 1.82) is 0 Å². The summed E-state index contributed by atoms with van der Waals surface area (Å²) >= 11 is 0. The first-order valence-corrected chi connectivity index (χ1v) is 4.07. The summed E-state index contributed by atoms with van der Waals surface area (Å²) < 4.78 is 0. The molecule has 0 fully saturated rings. The summed E-state index contributed by atoms with van der Waals surface area (Å²) in [7, 11) is 1.44. The summed E-state index contributed by atoms with van der Waals surface area (Å²) in [5.41, 5.74) is 5.45. The van der Waals surface area contributed by atoms with Gasteiger partial charge in [0.1, 0.15) is 6.04 Å². The molecule has 0 aromatic rings. The molecule has 1 atom stereocenters. The average molecular weight is 197 g/mol. The molecule has 0 saturated heterocycles. The Morgan fingerprint density at radius 2 is 2.00 bits per heavy atom. The number of rotatable bonds is 3. The Labute approximate surface area is 80.7 Å². The van der Waals surface area contributed by atoms with Crippen LogP contribution in [0.15, 0.2) is 12.2 Å². The Morgan fingerprint density at radius 3 is 2.43 bits per heavy atom. The maximum absolute atomic E-state index is 11.1. The van der Waals surface area contributed by atoms with Gasteiger partial charge in [-0.05, 0) is 0 Å². The van der Waals surface area contributed by atoms with Crippen molar-refractivity contribution in [3.63, 3.8) is 0 Å². The Hall–Kier alpha value is -1.69. The van der Waals surface area contributed by atoms with Gasteiger partial charge in [-0.1, -0.05) is 0 Å². The van der Waals surface area contributed by atoms with Gasteiger partial charge in [0.15, 0.2) is 0 Å². The van der Waals surface area contributed by atoms with E-state index in [4.69, 9.17) is 5.73 Å². The molecule has 3 N–H and O–H groups in total. The maximum atomic E-state index is 11.1. The first-order chi connectivity index (χ1) is 6.56. The van der Waals surface area contributed by atoms with Gasteiger partial charge in [0.2, 0.25) is 5.91 Å². The van der Waals surface area contributed by atoms with Crippen LogP contribution in [0.25, 0.3) is 0 Å². The second kappa shape index (κ2) is 4.01. The van der Waals surface area contributed by atoms with Crippen molar-refractivity contribution in [3.8, 4) is 0 Å². The number of nitrogens with two attached hydrogens (primary N) is 1. The highest BCUT2D eigenvalue weighted by atomic mass is 16.2. The minimum absolute atomic E-state index is 0.0929. The van der Waals surface area contributed by atoms with E-state index >= 15 is 0 Å². The van der Waals surface area contributed by atoms with Gasteiger partial charge in [-0.15, -0.1) is 0 Å². The fourth-order valence-electron chi connectivity index (χ4n) is 1.08. The smallest absolute Gasteiger partial charge is 0.253 e. The number of likely N-dealkylation sites (N-methyl/N-ethyl adjacent to an activating group) is 1. The highest BCUT2D eigenvalue weighted by Crippen LogP contribution is 2.03. The molecule has 1 rings (SSSR count). The predicted molar refractivity (Wildman–Crippen MR) is 47.9 cm³/mol. The van der Waals surface area contributed by atoms with E-state index in [-0.39, 0.29) is 6.54 Å². The fourth-order valence-corrected chi connectivity index (χ4v) is 1.08. The van der Waals surface area contributed by atoms with E-state index in [0.717, 1.165) is 17.1 Å². The van der Waals surface area contributed by atoms with Crippen LogP contribution >= 0.6 is 0 Å². The van der Waals surface area contributed by atoms with Gasteiger partial charge in [-0.25, -0.2) is 0 Å². The summed E-state index contributed by atoms with van der Waals surface area (Å²) in [6, 6.07) is -0.882. The molecule has 3 amide bonds. The van der Waals surface area contributed by atoms with E-state index < -0.39 is 23.8 Å². The molecule has 1 heterocycles. The molecule has 0 aliphatic carbocycles. The van der Waals surface area contributed by atoms with Crippen molar-refractivity contribution in [2.24, 2.45) is 5.73 Å². The van der Waals surface area contributed by atoms with Crippen molar-refractivity contribution < 1.29 is 14.4 Å². The average Bonchev–Trinajstić information content (AvgIpc) is 2.48. The molecule has 6 nitrogen and oxygen atoms in total. The minimum atomic E-state index is -0.882. The second-order valence-electron chi connectivity index (χ2n) is 2.84. The van der Waals surface area contributed by atoms with Crippen molar-refractivity contribution in [2.75, 3.05) is 13.6 Å². The van der Waals surface area contributed by atoms with Crippen LogP contribution in [0, 0.1) is 0 Å². The Kier molecular flexibility index (Phi) is 2.98. The van der Waals surface area contributed by atoms with Crippen LogP contribution in [0.5, 0.6) is 0 Å². The highest BCUT2D eigenvalue weighted by Gasteiger charge is 2.27. The van der Waals surface area contributed by atoms with Crippen LogP contribution in [0.1, 0.15) is 0 Å². The van der Waals surface area contributed by atoms with Gasteiger partial charge in [0.25, 0.3) is 11.8 Å². The molecule has 0 aromatic carbocycles. The number of amides is 3. The first-order valence-electron chi connectivity index (χ1n) is 4.07. The summed E-state index contributed by atoms with van der Waals surface area (Å²) in [4.78, 5) is 34.1. The fraction of sp³-hybridized carbons (Fsp3) is 0.375. The third-order valence-corrected chi connectivity index (χ3v) is 1.86. The molecule has 0 aromatic heterocycles. The van der Waals surface area contributed by atoms with Crippen LogP contribution in [0.2, 0.25) is 0 Å². The molecule has 0 bridgehead atoms. The summed E-state index contributed by atoms with van der Waals surface area (Å²) in [5.74, 6) is -1.28. The van der Waals surface area contributed by atoms with Gasteiger partial charge in [-0.3, -0.25) is 19.3 Å². The Balaban J connectivity index is 2.57. The molecular formula is C8H11N3O3. The zero-order valence-electron chi connectivity index (χ0n) is 7.69. The van der Waals surface area contributed by atoms with Crippen molar-refractivity contribution in [1.82, 2.24) is 10.2 Å². The lowest BCUT2D eigenvalue weighted by molar-refractivity contribution is -0.137. The number of hydrogen-bond acceptors (Lipinski definition) is 4. The van der Waals surface area contributed by atoms with Crippen molar-refractivity contribution in [3.05, 3.63) is 12.2 Å². The number of carbonyl (C=O) groups is 3. The second-order valence-corrected chi connectivity index (χ2v) is 2.84. The molecule has 0 saturated carbocycles. The number of hydrogen-bond donors (Lipinski definition) is 2. The number of carbonyl (C=O) groups excluding carboxylic acids is 3. The molecule has 0 spiro atoms. The zero-order valence-corrected chi connectivity index (χ0v) is 7.69. The molecule has 14 heavy (non-hydrogen) atoms. The molecular weight excluding hydrogens is 186 g/mol. The summed E-state index contributed by atoms with van der Waals surface area (Å²) in [6.07, 6.45) is 2.30. The highest BCUT2D eigenvalue weighted by molar-refractivity contribution is 6.13. The normalized spacial score (nSPS) is 17.4. The molecule has 0 radical (unpaired) electrons. The monoisotopic (exact) mass is 197 g/mol. The lowest BCUT2D eigenvalue weighted by atomic mass is 10.2. The topological polar surface area (TPSA) is 92.5 Å². The van der Waals surface area contributed by atoms with E-state index in [1.165, 1.54) is 7.05 Å². The zero-order chi connectivity index (χ0) is 10.7. The SMILES string of the molecule is CNC(=O)C(N)CN1C(=O)C=CC1=O. The van der Waals surface area contributed by atoms with Crippen molar-refractivity contribution in [2.45, 2.75) is 6.04 Å². The largest absolute Gasteiger partial charge is 0.358 e. The van der Waals surface area contributed by atoms with Gasteiger partial charge in [-0.2, -0.15) is 0 Å². The molecule has 1 aliphatic heterocycles. The van der Waals surface area contributed by atoms with Gasteiger partial charge < -0.3 is 11.1 Å². The van der Waals surface area contributed by atoms with Gasteiger partial charge in [0.05, 0.1) is 6.54 Å². The van der Waals surface area contributed by atoms with Gasteiger partial charge in [0, 0.05) is 19.2 Å². The maximum Gasteiger partial charge on any atom is 0.253 e. The summed E-state index contributed by atoms with van der Waals surface area (Å²) in [5, 5.41) is 2.33. The molecule has 6 heteroatoms. The standard InChI is InChI=1S/C8H11N3O3/c1-10-8(14)5(9)4-11-6(12)2-3-7(11)13/h2-3,5H,4,9H2,1H3,(H,10,14). The van der Waals surface area contributed by atoms with E-state index in [0.29, 0.717) is 0 Å².